The van der Waals surface area contributed by atoms with Gasteiger partial charge in [-0.05, 0) is 68.3 Å². The van der Waals surface area contributed by atoms with Gasteiger partial charge in [-0.15, -0.1) is 0 Å². The summed E-state index contributed by atoms with van der Waals surface area (Å²) in [5, 5.41) is 8.45. The number of anilines is 1. The molecule has 0 radical (unpaired) electrons. The van der Waals surface area contributed by atoms with E-state index in [0.29, 0.717) is 22.1 Å². The molecule has 1 saturated carbocycles. The van der Waals surface area contributed by atoms with E-state index in [-0.39, 0.29) is 24.4 Å². The molecule has 1 unspecified atom stereocenters. The molecule has 0 spiro atoms. The Morgan fingerprint density at radius 2 is 1.86 bits per heavy atom. The fourth-order valence-corrected chi connectivity index (χ4v) is 5.28. The highest BCUT2D eigenvalue weighted by Crippen LogP contribution is 2.35. The minimum absolute atomic E-state index is 0.123. The normalized spacial score (nSPS) is 20.4. The number of hydrogen-bond donors (Lipinski definition) is 1. The van der Waals surface area contributed by atoms with Crippen molar-refractivity contribution in [1.29, 1.82) is 0 Å². The van der Waals surface area contributed by atoms with E-state index in [4.69, 9.17) is 21.4 Å². The third-order valence-electron chi connectivity index (χ3n) is 7.04. The van der Waals surface area contributed by atoms with Gasteiger partial charge in [0.15, 0.2) is 0 Å². The SMILES string of the molecule is COc1ccc(-c2cc3n(n2)CC(C)(C(=O)NC2CCCCC2)N(c2cccc(Cl)c2)C3=O)cc1. The van der Waals surface area contributed by atoms with E-state index in [9.17, 15) is 9.59 Å². The summed E-state index contributed by atoms with van der Waals surface area (Å²) in [6, 6.07) is 16.5. The highest BCUT2D eigenvalue weighted by atomic mass is 35.5. The Morgan fingerprint density at radius 3 is 2.54 bits per heavy atom. The molecule has 8 heteroatoms. The summed E-state index contributed by atoms with van der Waals surface area (Å²) in [6.07, 6.45) is 5.32. The fraction of sp³-hybridized carbons (Fsp3) is 0.370. The number of ether oxygens (including phenoxy) is 1. The van der Waals surface area contributed by atoms with Gasteiger partial charge in [0, 0.05) is 22.3 Å². The van der Waals surface area contributed by atoms with Gasteiger partial charge in [0.05, 0.1) is 19.3 Å². The van der Waals surface area contributed by atoms with Crippen LogP contribution in [0.2, 0.25) is 5.02 Å². The second-order valence-corrected chi connectivity index (χ2v) is 9.94. The first-order valence-corrected chi connectivity index (χ1v) is 12.4. The second kappa shape index (κ2) is 9.38. The molecule has 7 nitrogen and oxygen atoms in total. The first-order chi connectivity index (χ1) is 16.9. The maximum atomic E-state index is 13.9. The Bertz CT molecular complexity index is 1250. The molecule has 182 valence electrons. The number of fused-ring (bicyclic) bond motifs is 1. The lowest BCUT2D eigenvalue weighted by Gasteiger charge is -2.44. The van der Waals surface area contributed by atoms with Crippen LogP contribution >= 0.6 is 11.6 Å². The van der Waals surface area contributed by atoms with E-state index in [1.165, 1.54) is 6.42 Å². The number of carbonyl (C=O) groups is 2. The van der Waals surface area contributed by atoms with E-state index >= 15 is 0 Å². The summed E-state index contributed by atoms with van der Waals surface area (Å²) in [7, 11) is 1.62. The third kappa shape index (κ3) is 4.41. The zero-order chi connectivity index (χ0) is 24.6. The molecular weight excluding hydrogens is 464 g/mol. The Balaban J connectivity index is 1.54. The Morgan fingerprint density at radius 1 is 1.11 bits per heavy atom. The monoisotopic (exact) mass is 492 g/mol. The average molecular weight is 493 g/mol. The third-order valence-corrected chi connectivity index (χ3v) is 7.27. The number of halogens is 1. The first-order valence-electron chi connectivity index (χ1n) is 12.0. The highest BCUT2D eigenvalue weighted by Gasteiger charge is 2.49. The van der Waals surface area contributed by atoms with Crippen LogP contribution in [0.15, 0.2) is 54.6 Å². The van der Waals surface area contributed by atoms with Crippen molar-refractivity contribution < 1.29 is 14.3 Å². The zero-order valence-corrected chi connectivity index (χ0v) is 20.7. The van der Waals surface area contributed by atoms with Crippen molar-refractivity contribution in [2.45, 2.75) is 57.2 Å². The summed E-state index contributed by atoms with van der Waals surface area (Å²) in [4.78, 5) is 29.2. The lowest BCUT2D eigenvalue weighted by molar-refractivity contribution is -0.127. The number of hydrogen-bond acceptors (Lipinski definition) is 4. The van der Waals surface area contributed by atoms with Gasteiger partial charge in [0.1, 0.15) is 17.0 Å². The van der Waals surface area contributed by atoms with Crippen LogP contribution in [0.3, 0.4) is 0 Å². The standard InChI is InChI=1S/C27H29ClN4O3/c1-27(26(34)29-20-8-4-3-5-9-20)17-31-24(25(33)32(27)21-10-6-7-19(28)15-21)16-23(30-31)18-11-13-22(35-2)14-12-18/h6-7,10-16,20H,3-5,8-9,17H2,1-2H3,(H,29,34). The van der Waals surface area contributed by atoms with Gasteiger partial charge >= 0.3 is 0 Å². The van der Waals surface area contributed by atoms with Crippen LogP contribution in [-0.2, 0) is 11.3 Å². The summed E-state index contributed by atoms with van der Waals surface area (Å²) < 4.78 is 6.91. The summed E-state index contributed by atoms with van der Waals surface area (Å²) in [5.74, 6) is 0.282. The number of nitrogens with one attached hydrogen (secondary N) is 1. The topological polar surface area (TPSA) is 76.5 Å². The van der Waals surface area contributed by atoms with Gasteiger partial charge in [-0.25, -0.2) is 0 Å². The molecule has 0 bridgehead atoms. The molecule has 5 rings (SSSR count). The van der Waals surface area contributed by atoms with Crippen LogP contribution in [0.1, 0.15) is 49.5 Å². The van der Waals surface area contributed by atoms with E-state index in [1.54, 1.807) is 41.0 Å². The molecule has 2 aliphatic rings. The number of amides is 2. The molecule has 1 aliphatic heterocycles. The molecule has 35 heavy (non-hydrogen) atoms. The Kier molecular flexibility index (Phi) is 6.28. The van der Waals surface area contributed by atoms with Crippen LogP contribution in [0.4, 0.5) is 5.69 Å². The predicted octanol–water partition coefficient (Wildman–Crippen LogP) is 5.08. The van der Waals surface area contributed by atoms with Crippen LogP contribution in [0.25, 0.3) is 11.3 Å². The molecule has 3 aromatic rings. The molecular formula is C27H29ClN4O3. The van der Waals surface area contributed by atoms with Crippen molar-refractivity contribution in [3.8, 4) is 17.0 Å². The van der Waals surface area contributed by atoms with Gasteiger partial charge in [-0.2, -0.15) is 5.10 Å². The average Bonchev–Trinajstić information content (AvgIpc) is 3.29. The van der Waals surface area contributed by atoms with E-state index in [1.807, 2.05) is 37.3 Å². The van der Waals surface area contributed by atoms with Gasteiger partial charge in [0.2, 0.25) is 5.91 Å². The van der Waals surface area contributed by atoms with Gasteiger partial charge in [-0.1, -0.05) is 36.9 Å². The number of benzene rings is 2. The lowest BCUT2D eigenvalue weighted by atomic mass is 9.91. The van der Waals surface area contributed by atoms with Crippen molar-refractivity contribution in [3.05, 3.63) is 65.3 Å². The molecule has 1 aliphatic carbocycles. The van der Waals surface area contributed by atoms with E-state index in [2.05, 4.69) is 5.32 Å². The van der Waals surface area contributed by atoms with Crippen molar-refractivity contribution in [2.24, 2.45) is 0 Å². The molecule has 1 aromatic heterocycles. The molecule has 1 atom stereocenters. The quantitative estimate of drug-likeness (QED) is 0.539. The minimum Gasteiger partial charge on any atom is -0.497 e. The van der Waals surface area contributed by atoms with Crippen LogP contribution in [-0.4, -0.2) is 40.3 Å². The van der Waals surface area contributed by atoms with Gasteiger partial charge in [-0.3, -0.25) is 19.2 Å². The van der Waals surface area contributed by atoms with Crippen molar-refractivity contribution in [3.63, 3.8) is 0 Å². The highest BCUT2D eigenvalue weighted by molar-refractivity contribution is 6.31. The van der Waals surface area contributed by atoms with Crippen LogP contribution in [0.5, 0.6) is 5.75 Å². The van der Waals surface area contributed by atoms with Crippen LogP contribution < -0.4 is 15.0 Å². The number of carbonyl (C=O) groups excluding carboxylic acids is 2. The summed E-state index contributed by atoms with van der Waals surface area (Å²) in [5.41, 5.74) is 1.37. The molecule has 0 saturated heterocycles. The predicted molar refractivity (Wildman–Crippen MR) is 136 cm³/mol. The van der Waals surface area contributed by atoms with E-state index in [0.717, 1.165) is 37.0 Å². The van der Waals surface area contributed by atoms with Gasteiger partial charge < -0.3 is 10.1 Å². The fourth-order valence-electron chi connectivity index (χ4n) is 5.09. The smallest absolute Gasteiger partial charge is 0.277 e. The summed E-state index contributed by atoms with van der Waals surface area (Å²) >= 11 is 6.28. The summed E-state index contributed by atoms with van der Waals surface area (Å²) in [6.45, 7) is 2.04. The largest absolute Gasteiger partial charge is 0.497 e. The van der Waals surface area contributed by atoms with Crippen LogP contribution in [0, 0.1) is 0 Å². The number of nitrogens with zero attached hydrogens (tertiary/aromatic N) is 3. The molecule has 1 N–H and O–H groups in total. The Labute approximate surface area is 210 Å². The minimum atomic E-state index is -1.17. The zero-order valence-electron chi connectivity index (χ0n) is 20.0. The number of methoxy groups -OCH3 is 1. The molecule has 2 aromatic carbocycles. The molecule has 2 amide bonds. The first kappa shape index (κ1) is 23.4. The second-order valence-electron chi connectivity index (χ2n) is 9.50. The number of aromatic nitrogens is 2. The van der Waals surface area contributed by atoms with E-state index < -0.39 is 5.54 Å². The van der Waals surface area contributed by atoms with Gasteiger partial charge in [0.25, 0.3) is 5.91 Å². The van der Waals surface area contributed by atoms with Crippen molar-refractivity contribution in [1.82, 2.24) is 15.1 Å². The maximum Gasteiger partial charge on any atom is 0.277 e. The Hall–Kier alpha value is -3.32. The maximum absolute atomic E-state index is 13.9. The molecule has 2 heterocycles. The van der Waals surface area contributed by atoms with Crippen molar-refractivity contribution >= 4 is 29.1 Å². The lowest BCUT2D eigenvalue weighted by Crippen LogP contribution is -2.65. The number of rotatable bonds is 5. The van der Waals surface area contributed by atoms with Crippen molar-refractivity contribution in [2.75, 3.05) is 12.0 Å². The molecule has 1 fully saturated rings.